The Bertz CT molecular complexity index is 1240. The maximum Gasteiger partial charge on any atom is 0.169 e. The first-order valence-electron chi connectivity index (χ1n) is 9.98. The number of likely N-dealkylation sites (N-methyl/N-ethyl adjacent to an activating group) is 1. The average molecular weight is 432 g/mol. The number of rotatable bonds is 6. The van der Waals surface area contributed by atoms with Crippen LogP contribution in [0.3, 0.4) is 0 Å². The SMILES string of the molecule is CN(C)C1CN(c2cc(C(=O)Cc3cc4cc(-c5nncs5)ncc4cn3)ccn2)C1. The van der Waals surface area contributed by atoms with Crippen LogP contribution in [0.4, 0.5) is 5.82 Å². The Morgan fingerprint density at radius 1 is 1.13 bits per heavy atom. The summed E-state index contributed by atoms with van der Waals surface area (Å²) in [6.45, 7) is 1.85. The summed E-state index contributed by atoms with van der Waals surface area (Å²) in [7, 11) is 4.16. The lowest BCUT2D eigenvalue weighted by Gasteiger charge is -2.43. The predicted octanol–water partition coefficient (Wildman–Crippen LogP) is 2.72. The van der Waals surface area contributed by atoms with Crippen LogP contribution in [0.1, 0.15) is 16.1 Å². The predicted molar refractivity (Wildman–Crippen MR) is 120 cm³/mol. The van der Waals surface area contributed by atoms with Crippen LogP contribution >= 0.6 is 11.3 Å². The standard InChI is InChI=1S/C22H21N7OS/c1-28(2)18-11-29(12-18)21-7-14(3-4-23-21)20(30)8-17-5-15-6-19(22-27-26-13-31-22)25-10-16(15)9-24-17/h3-7,9-10,13,18H,8,11-12H2,1-2H3. The Balaban J connectivity index is 1.34. The summed E-state index contributed by atoms with van der Waals surface area (Å²) in [5.74, 6) is 0.877. The van der Waals surface area contributed by atoms with E-state index in [9.17, 15) is 4.79 Å². The van der Waals surface area contributed by atoms with Gasteiger partial charge in [0.25, 0.3) is 0 Å². The van der Waals surface area contributed by atoms with Crippen molar-refractivity contribution in [3.63, 3.8) is 0 Å². The second kappa shape index (κ2) is 8.09. The Morgan fingerprint density at radius 2 is 1.97 bits per heavy atom. The number of Topliss-reactive ketones (excluding diaryl/α,β-unsaturated/α-hetero) is 1. The van der Waals surface area contributed by atoms with Gasteiger partial charge in [-0.05, 0) is 43.7 Å². The molecule has 0 unspecified atom stereocenters. The van der Waals surface area contributed by atoms with Crippen LogP contribution in [-0.4, -0.2) is 69.1 Å². The van der Waals surface area contributed by atoms with E-state index in [-0.39, 0.29) is 12.2 Å². The van der Waals surface area contributed by atoms with Crippen molar-refractivity contribution in [3.8, 4) is 10.7 Å². The summed E-state index contributed by atoms with van der Waals surface area (Å²) in [5.41, 5.74) is 3.83. The molecular formula is C22H21N7OS. The molecule has 0 saturated carbocycles. The molecule has 4 aromatic heterocycles. The van der Waals surface area contributed by atoms with Crippen molar-refractivity contribution in [2.75, 3.05) is 32.1 Å². The van der Waals surface area contributed by atoms with Crippen molar-refractivity contribution in [3.05, 3.63) is 59.6 Å². The molecule has 5 heterocycles. The highest BCUT2D eigenvalue weighted by Gasteiger charge is 2.29. The highest BCUT2D eigenvalue weighted by molar-refractivity contribution is 7.12. The van der Waals surface area contributed by atoms with E-state index >= 15 is 0 Å². The van der Waals surface area contributed by atoms with Gasteiger partial charge in [-0.3, -0.25) is 14.8 Å². The van der Waals surface area contributed by atoms with Gasteiger partial charge < -0.3 is 9.80 Å². The third-order valence-electron chi connectivity index (χ3n) is 5.56. The summed E-state index contributed by atoms with van der Waals surface area (Å²) in [6.07, 6.45) is 5.47. The normalized spacial score (nSPS) is 14.2. The lowest BCUT2D eigenvalue weighted by atomic mass is 10.0. The molecule has 0 spiro atoms. The summed E-state index contributed by atoms with van der Waals surface area (Å²) < 4.78 is 0. The number of aromatic nitrogens is 5. The first-order valence-corrected chi connectivity index (χ1v) is 10.9. The molecule has 31 heavy (non-hydrogen) atoms. The zero-order valence-electron chi connectivity index (χ0n) is 17.3. The molecule has 0 bridgehead atoms. The molecule has 5 rings (SSSR count). The van der Waals surface area contributed by atoms with E-state index in [1.807, 2.05) is 18.2 Å². The maximum atomic E-state index is 12.9. The fourth-order valence-corrected chi connectivity index (χ4v) is 4.10. The molecule has 4 aromatic rings. The molecule has 0 aromatic carbocycles. The van der Waals surface area contributed by atoms with E-state index in [0.29, 0.717) is 11.6 Å². The van der Waals surface area contributed by atoms with Gasteiger partial charge in [-0.25, -0.2) is 4.98 Å². The molecule has 0 radical (unpaired) electrons. The van der Waals surface area contributed by atoms with Crippen LogP contribution in [0.25, 0.3) is 21.5 Å². The first kappa shape index (κ1) is 19.7. The number of pyridine rings is 3. The van der Waals surface area contributed by atoms with Crippen molar-refractivity contribution in [1.82, 2.24) is 30.0 Å². The fraction of sp³-hybridized carbons (Fsp3) is 0.273. The highest BCUT2D eigenvalue weighted by atomic mass is 32.1. The van der Waals surface area contributed by atoms with Gasteiger partial charge in [-0.15, -0.1) is 10.2 Å². The van der Waals surface area contributed by atoms with Gasteiger partial charge in [0, 0.05) is 54.4 Å². The Kier molecular flexibility index (Phi) is 5.13. The highest BCUT2D eigenvalue weighted by Crippen LogP contribution is 2.24. The minimum Gasteiger partial charge on any atom is -0.353 e. The van der Waals surface area contributed by atoms with Crippen molar-refractivity contribution in [1.29, 1.82) is 0 Å². The monoisotopic (exact) mass is 431 g/mol. The van der Waals surface area contributed by atoms with E-state index in [0.717, 1.165) is 46.1 Å². The number of fused-ring (bicyclic) bond motifs is 1. The van der Waals surface area contributed by atoms with Gasteiger partial charge in [0.05, 0.1) is 6.42 Å². The van der Waals surface area contributed by atoms with Crippen LogP contribution in [0.15, 0.2) is 48.4 Å². The van der Waals surface area contributed by atoms with Crippen LogP contribution in [-0.2, 0) is 6.42 Å². The van der Waals surface area contributed by atoms with Gasteiger partial charge in [-0.2, -0.15) is 0 Å². The van der Waals surface area contributed by atoms with Crippen molar-refractivity contribution in [2.45, 2.75) is 12.5 Å². The molecule has 0 amide bonds. The van der Waals surface area contributed by atoms with Gasteiger partial charge in [0.15, 0.2) is 10.8 Å². The number of anilines is 1. The minimum absolute atomic E-state index is 0.0265. The molecule has 1 aliphatic rings. The number of hydrogen-bond acceptors (Lipinski definition) is 9. The molecule has 1 saturated heterocycles. The number of ketones is 1. The van der Waals surface area contributed by atoms with Gasteiger partial charge >= 0.3 is 0 Å². The molecule has 8 nitrogen and oxygen atoms in total. The van der Waals surface area contributed by atoms with Crippen molar-refractivity contribution in [2.24, 2.45) is 0 Å². The Hall–Kier alpha value is -3.30. The van der Waals surface area contributed by atoms with E-state index in [1.54, 1.807) is 30.2 Å². The first-order chi connectivity index (χ1) is 15.1. The largest absolute Gasteiger partial charge is 0.353 e. The number of hydrogen-bond donors (Lipinski definition) is 0. The topological polar surface area (TPSA) is 88.0 Å². The molecule has 0 atom stereocenters. The quantitative estimate of drug-likeness (QED) is 0.431. The minimum atomic E-state index is 0.0265. The number of carbonyl (C=O) groups excluding carboxylic acids is 1. The second-order valence-electron chi connectivity index (χ2n) is 7.86. The lowest BCUT2D eigenvalue weighted by molar-refractivity contribution is 0.0992. The molecule has 156 valence electrons. The van der Waals surface area contributed by atoms with E-state index in [2.05, 4.69) is 49.0 Å². The fourth-order valence-electron chi connectivity index (χ4n) is 3.58. The number of carbonyl (C=O) groups is 1. The summed E-state index contributed by atoms with van der Waals surface area (Å²) in [5, 5.41) is 10.6. The van der Waals surface area contributed by atoms with Crippen LogP contribution in [0.2, 0.25) is 0 Å². The molecule has 0 N–H and O–H groups in total. The van der Waals surface area contributed by atoms with Gasteiger partial charge in [0.1, 0.15) is 17.0 Å². The summed E-state index contributed by atoms with van der Waals surface area (Å²) in [4.78, 5) is 30.7. The maximum absolute atomic E-state index is 12.9. The Labute approximate surface area is 183 Å². The smallest absolute Gasteiger partial charge is 0.169 e. The molecule has 9 heteroatoms. The van der Waals surface area contributed by atoms with Crippen LogP contribution in [0.5, 0.6) is 0 Å². The zero-order valence-corrected chi connectivity index (χ0v) is 18.1. The van der Waals surface area contributed by atoms with E-state index in [1.165, 1.54) is 11.3 Å². The van der Waals surface area contributed by atoms with E-state index < -0.39 is 0 Å². The average Bonchev–Trinajstić information content (AvgIpc) is 3.27. The molecule has 0 aliphatic carbocycles. The molecule has 1 fully saturated rings. The van der Waals surface area contributed by atoms with Gasteiger partial charge in [-0.1, -0.05) is 11.3 Å². The summed E-state index contributed by atoms with van der Waals surface area (Å²) >= 11 is 1.44. The zero-order chi connectivity index (χ0) is 21.4. The van der Waals surface area contributed by atoms with E-state index in [4.69, 9.17) is 0 Å². The third-order valence-corrected chi connectivity index (χ3v) is 6.28. The lowest BCUT2D eigenvalue weighted by Crippen LogP contribution is -2.57. The summed E-state index contributed by atoms with van der Waals surface area (Å²) in [6, 6.07) is 8.09. The Morgan fingerprint density at radius 3 is 2.74 bits per heavy atom. The third kappa shape index (κ3) is 4.01. The molecular weight excluding hydrogens is 410 g/mol. The van der Waals surface area contributed by atoms with Gasteiger partial charge in [0.2, 0.25) is 0 Å². The second-order valence-corrected chi connectivity index (χ2v) is 8.69. The molecule has 1 aliphatic heterocycles. The van der Waals surface area contributed by atoms with Crippen molar-refractivity contribution >= 4 is 33.7 Å². The van der Waals surface area contributed by atoms with Crippen molar-refractivity contribution < 1.29 is 4.79 Å². The van der Waals surface area contributed by atoms with Crippen LogP contribution < -0.4 is 4.90 Å². The van der Waals surface area contributed by atoms with Crippen LogP contribution in [0, 0.1) is 0 Å². The number of nitrogens with zero attached hydrogens (tertiary/aromatic N) is 7.